The van der Waals surface area contributed by atoms with Crippen molar-refractivity contribution < 1.29 is 27.9 Å². The van der Waals surface area contributed by atoms with Crippen molar-refractivity contribution >= 4 is 19.6 Å². The van der Waals surface area contributed by atoms with Crippen LogP contribution in [0.1, 0.15) is 38.8 Å². The van der Waals surface area contributed by atoms with E-state index in [4.69, 9.17) is 13.8 Å². The van der Waals surface area contributed by atoms with E-state index in [1.165, 1.54) is 7.11 Å². The summed E-state index contributed by atoms with van der Waals surface area (Å²) in [5.74, 6) is -1.09. The van der Waals surface area contributed by atoms with Crippen LogP contribution < -0.4 is 10.4 Å². The van der Waals surface area contributed by atoms with Crippen molar-refractivity contribution in [2.45, 2.75) is 64.8 Å². The Morgan fingerprint density at radius 3 is 1.65 bits per heavy atom. The largest absolute Gasteiger partial charge is 0.467 e. The first-order valence-corrected chi connectivity index (χ1v) is 12.9. The third-order valence-electron chi connectivity index (χ3n) is 4.70. The van der Waals surface area contributed by atoms with Crippen molar-refractivity contribution in [3.05, 3.63) is 71.8 Å². The van der Waals surface area contributed by atoms with Crippen LogP contribution >= 0.6 is 7.75 Å². The van der Waals surface area contributed by atoms with E-state index in [0.29, 0.717) is 0 Å². The molecule has 2 aromatic carbocycles. The van der Waals surface area contributed by atoms with Crippen LogP contribution in [-0.4, -0.2) is 43.3 Å². The molecule has 0 aromatic heterocycles. The van der Waals surface area contributed by atoms with Gasteiger partial charge in [0.25, 0.3) is 0 Å². The second kappa shape index (κ2) is 13.4. The topological polar surface area (TPSA) is 103 Å². The van der Waals surface area contributed by atoms with E-state index < -0.39 is 43.9 Å². The van der Waals surface area contributed by atoms with Gasteiger partial charge in [-0.1, -0.05) is 60.7 Å². The first-order valence-electron chi connectivity index (χ1n) is 11.3. The van der Waals surface area contributed by atoms with Gasteiger partial charge in [-0.3, -0.25) is 13.8 Å². The van der Waals surface area contributed by atoms with Crippen LogP contribution in [0.5, 0.6) is 0 Å². The maximum absolute atomic E-state index is 13.5. The molecule has 2 rings (SSSR count). The molecular formula is C25H35N2O6P. The molecule has 2 atom stereocenters. The Morgan fingerprint density at radius 1 is 0.794 bits per heavy atom. The molecule has 8 nitrogen and oxygen atoms in total. The molecule has 1 amide bonds. The lowest BCUT2D eigenvalue weighted by atomic mass is 10.0. The number of ether oxygens (including phenoxy) is 1. The van der Waals surface area contributed by atoms with Crippen molar-refractivity contribution in [1.82, 2.24) is 10.4 Å². The predicted molar refractivity (Wildman–Crippen MR) is 131 cm³/mol. The van der Waals surface area contributed by atoms with Gasteiger partial charge >= 0.3 is 13.7 Å². The lowest BCUT2D eigenvalue weighted by Crippen LogP contribution is -2.51. The molecule has 0 bridgehead atoms. The molecule has 0 aliphatic heterocycles. The molecule has 0 radical (unpaired) electrons. The number of rotatable bonds is 13. The van der Waals surface area contributed by atoms with Crippen LogP contribution in [0.3, 0.4) is 0 Å². The smallest absolute Gasteiger partial charge is 0.406 e. The number of esters is 1. The highest BCUT2D eigenvalue weighted by atomic mass is 31.2. The fourth-order valence-electron chi connectivity index (χ4n) is 3.34. The van der Waals surface area contributed by atoms with Crippen molar-refractivity contribution in [1.29, 1.82) is 0 Å². The van der Waals surface area contributed by atoms with Crippen molar-refractivity contribution in [3.8, 4) is 0 Å². The van der Waals surface area contributed by atoms with Gasteiger partial charge in [0, 0.05) is 6.42 Å². The Kier molecular flexibility index (Phi) is 10.9. The van der Waals surface area contributed by atoms with Crippen LogP contribution in [0.15, 0.2) is 60.7 Å². The number of nitrogens with one attached hydrogen (secondary N) is 2. The molecule has 2 N–H and O–H groups in total. The first-order chi connectivity index (χ1) is 16.1. The second-order valence-electron chi connectivity index (χ2n) is 8.45. The summed E-state index contributed by atoms with van der Waals surface area (Å²) in [6, 6.07) is 16.7. The Balaban J connectivity index is 2.30. The normalized spacial score (nSPS) is 13.5. The Bertz CT molecular complexity index is 938. The van der Waals surface area contributed by atoms with Crippen molar-refractivity contribution in [2.75, 3.05) is 7.11 Å². The van der Waals surface area contributed by atoms with E-state index in [-0.39, 0.29) is 12.8 Å². The molecule has 0 spiro atoms. The van der Waals surface area contributed by atoms with Gasteiger partial charge in [-0.25, -0.2) is 14.4 Å². The maximum atomic E-state index is 13.5. The van der Waals surface area contributed by atoms with Crippen molar-refractivity contribution in [2.24, 2.45) is 0 Å². The summed E-state index contributed by atoms with van der Waals surface area (Å²) in [4.78, 5) is 25.9. The predicted octanol–water partition coefficient (Wildman–Crippen LogP) is 4.05. The van der Waals surface area contributed by atoms with Gasteiger partial charge in [-0.15, -0.1) is 0 Å². The van der Waals surface area contributed by atoms with Crippen LogP contribution in [0.4, 0.5) is 0 Å². The Labute approximate surface area is 202 Å². The zero-order valence-electron chi connectivity index (χ0n) is 20.4. The minimum Gasteiger partial charge on any atom is -0.467 e. The molecule has 34 heavy (non-hydrogen) atoms. The maximum Gasteiger partial charge on any atom is 0.406 e. The van der Waals surface area contributed by atoms with Gasteiger partial charge in [0.2, 0.25) is 5.91 Å². The molecule has 9 heteroatoms. The molecule has 0 unspecified atom stereocenters. The van der Waals surface area contributed by atoms with E-state index in [2.05, 4.69) is 10.4 Å². The second-order valence-corrected chi connectivity index (χ2v) is 10.1. The van der Waals surface area contributed by atoms with E-state index in [1.54, 1.807) is 27.7 Å². The van der Waals surface area contributed by atoms with Gasteiger partial charge in [-0.2, -0.15) is 0 Å². The number of carbonyl (C=O) groups excluding carboxylic acids is 2. The minimum atomic E-state index is -3.85. The summed E-state index contributed by atoms with van der Waals surface area (Å²) >= 11 is 0. The molecule has 0 fully saturated rings. The summed E-state index contributed by atoms with van der Waals surface area (Å²) < 4.78 is 29.6. The zero-order valence-corrected chi connectivity index (χ0v) is 21.3. The summed E-state index contributed by atoms with van der Waals surface area (Å²) in [6.45, 7) is 6.93. The molecule has 0 saturated heterocycles. The fraction of sp³-hybridized carbons (Fsp3) is 0.440. The van der Waals surface area contributed by atoms with Crippen LogP contribution in [0.25, 0.3) is 0 Å². The average Bonchev–Trinajstić information content (AvgIpc) is 2.77. The number of methoxy groups -OCH3 is 1. The summed E-state index contributed by atoms with van der Waals surface area (Å²) in [7, 11) is -2.58. The average molecular weight is 491 g/mol. The summed E-state index contributed by atoms with van der Waals surface area (Å²) in [5, 5.41) is 5.57. The number of hydrogen-bond donors (Lipinski definition) is 2. The molecule has 2 aromatic rings. The summed E-state index contributed by atoms with van der Waals surface area (Å²) in [6.07, 6.45) is -0.351. The van der Waals surface area contributed by atoms with Gasteiger partial charge in [0.15, 0.2) is 0 Å². The quantitative estimate of drug-likeness (QED) is 0.323. The molecular weight excluding hydrogens is 455 g/mol. The number of benzene rings is 2. The lowest BCUT2D eigenvalue weighted by molar-refractivity contribution is -0.145. The Hall–Kier alpha value is -2.51. The molecule has 186 valence electrons. The standard InChI is InChI=1S/C25H35N2O6P/c1-18(2)32-34(30,33-19(3)4)27-22(16-20-12-8-6-9-13-20)24(28)26-23(25(29)31-5)17-21-14-10-7-11-15-21/h6-15,18-19,22-23H,16-17H2,1-5H3,(H,26,28)(H,27,30)/t22-,23-/m0/s1. The lowest BCUT2D eigenvalue weighted by Gasteiger charge is -2.28. The zero-order chi connectivity index (χ0) is 25.1. The molecule has 0 aliphatic carbocycles. The monoisotopic (exact) mass is 490 g/mol. The molecule has 0 saturated carbocycles. The van der Waals surface area contributed by atoms with Gasteiger partial charge < -0.3 is 10.1 Å². The van der Waals surface area contributed by atoms with Crippen molar-refractivity contribution in [3.63, 3.8) is 0 Å². The number of hydrogen-bond acceptors (Lipinski definition) is 6. The van der Waals surface area contributed by atoms with Gasteiger partial charge in [0.1, 0.15) is 12.1 Å². The molecule has 0 aliphatic rings. The van der Waals surface area contributed by atoms with E-state index >= 15 is 0 Å². The Morgan fingerprint density at radius 2 is 1.24 bits per heavy atom. The highest BCUT2D eigenvalue weighted by Gasteiger charge is 2.35. The minimum absolute atomic E-state index is 0.207. The van der Waals surface area contributed by atoms with Gasteiger partial charge in [-0.05, 0) is 45.2 Å². The van der Waals surface area contributed by atoms with Gasteiger partial charge in [0.05, 0.1) is 19.3 Å². The third kappa shape index (κ3) is 9.39. The van der Waals surface area contributed by atoms with Crippen LogP contribution in [0.2, 0.25) is 0 Å². The third-order valence-corrected chi connectivity index (χ3v) is 6.72. The fourth-order valence-corrected chi connectivity index (χ4v) is 5.21. The number of amides is 1. The van der Waals surface area contributed by atoms with E-state index in [9.17, 15) is 14.2 Å². The van der Waals surface area contributed by atoms with E-state index in [1.807, 2.05) is 60.7 Å². The molecule has 0 heterocycles. The highest BCUT2D eigenvalue weighted by molar-refractivity contribution is 7.51. The SMILES string of the molecule is COC(=O)[C@H](Cc1ccccc1)NC(=O)[C@H](Cc1ccccc1)NP(=O)(OC(C)C)OC(C)C. The summed E-state index contributed by atoms with van der Waals surface area (Å²) in [5.41, 5.74) is 1.70. The first kappa shape index (κ1) is 27.7. The van der Waals surface area contributed by atoms with Crippen LogP contribution in [0, 0.1) is 0 Å². The number of carbonyl (C=O) groups is 2. The van der Waals surface area contributed by atoms with Crippen LogP contribution in [-0.2, 0) is 40.8 Å². The van der Waals surface area contributed by atoms with E-state index in [0.717, 1.165) is 11.1 Å². The highest BCUT2D eigenvalue weighted by Crippen LogP contribution is 2.47.